The summed E-state index contributed by atoms with van der Waals surface area (Å²) in [6, 6.07) is 5.22. The Morgan fingerprint density at radius 2 is 1.28 bits per heavy atom. The first-order chi connectivity index (χ1) is 14.4. The Morgan fingerprint density at radius 3 is 1.72 bits per heavy atom. The summed E-state index contributed by atoms with van der Waals surface area (Å²) in [6.07, 6.45) is -2.84. The number of benzene rings is 1. The molecule has 0 aliphatic heterocycles. The smallest absolute Gasteiger partial charge is 0.427 e. The van der Waals surface area contributed by atoms with Gasteiger partial charge in [-0.15, -0.1) is 4.90 Å². The van der Waals surface area contributed by atoms with Gasteiger partial charge in [-0.3, -0.25) is 0 Å². The molecular formula is C23H33N3O6. The number of fused-ring (bicyclic) bond motifs is 1. The van der Waals surface area contributed by atoms with Crippen molar-refractivity contribution in [1.82, 2.24) is 9.55 Å². The highest BCUT2D eigenvalue weighted by atomic mass is 16.6. The van der Waals surface area contributed by atoms with Gasteiger partial charge in [-0.05, 0) is 86.9 Å². The van der Waals surface area contributed by atoms with E-state index < -0.39 is 35.1 Å². The van der Waals surface area contributed by atoms with Crippen LogP contribution in [-0.2, 0) is 14.2 Å². The summed E-state index contributed by atoms with van der Waals surface area (Å²) in [5.41, 5.74) is -1.00. The van der Waals surface area contributed by atoms with E-state index in [-0.39, 0.29) is 5.95 Å². The third-order valence-corrected chi connectivity index (χ3v) is 3.72. The predicted octanol–water partition coefficient (Wildman–Crippen LogP) is 5.80. The van der Waals surface area contributed by atoms with Gasteiger partial charge in [0.2, 0.25) is 5.95 Å². The molecule has 0 unspecified atom stereocenters. The molecule has 2 amide bonds. The zero-order valence-electron chi connectivity index (χ0n) is 20.5. The highest BCUT2D eigenvalue weighted by Crippen LogP contribution is 2.28. The van der Waals surface area contributed by atoms with E-state index >= 15 is 0 Å². The van der Waals surface area contributed by atoms with Gasteiger partial charge in [0, 0.05) is 0 Å². The highest BCUT2D eigenvalue weighted by molar-refractivity contribution is 6.10. The Bertz CT molecular complexity index is 1010. The van der Waals surface area contributed by atoms with Crippen LogP contribution in [0.5, 0.6) is 0 Å². The van der Waals surface area contributed by atoms with Crippen LogP contribution < -0.4 is 4.90 Å². The molecule has 1 heterocycles. The van der Waals surface area contributed by atoms with Crippen molar-refractivity contribution in [2.45, 2.75) is 86.0 Å². The van der Waals surface area contributed by atoms with Crippen molar-refractivity contribution >= 4 is 35.3 Å². The maximum Gasteiger partial charge on any atom is 0.427 e. The molecule has 1 aromatic carbocycles. The molecule has 0 radical (unpaired) electrons. The second kappa shape index (κ2) is 8.44. The van der Waals surface area contributed by atoms with E-state index in [1.54, 1.807) is 74.4 Å². The average Bonchev–Trinajstić information content (AvgIpc) is 2.87. The lowest BCUT2D eigenvalue weighted by atomic mass is 10.2. The number of carbonyl (C=O) groups excluding carboxylic acids is 3. The van der Waals surface area contributed by atoms with Crippen LogP contribution in [0.2, 0.25) is 0 Å². The van der Waals surface area contributed by atoms with Crippen LogP contribution in [0.4, 0.5) is 20.3 Å². The van der Waals surface area contributed by atoms with Gasteiger partial charge in [0.05, 0.1) is 11.0 Å². The Morgan fingerprint density at radius 1 is 0.812 bits per heavy atom. The highest BCUT2D eigenvalue weighted by Gasteiger charge is 2.38. The minimum Gasteiger partial charge on any atom is -0.443 e. The molecule has 0 bridgehead atoms. The van der Waals surface area contributed by atoms with Crippen LogP contribution in [0.3, 0.4) is 0 Å². The molecule has 0 atom stereocenters. The third kappa shape index (κ3) is 6.45. The molecule has 1 aromatic heterocycles. The molecule has 9 nitrogen and oxygen atoms in total. The first kappa shape index (κ1) is 25.2. The number of rotatable bonds is 1. The van der Waals surface area contributed by atoms with Crippen LogP contribution in [-0.4, -0.2) is 44.6 Å². The number of nitrogens with zero attached hydrogens (tertiary/aromatic N) is 3. The normalized spacial score (nSPS) is 12.4. The van der Waals surface area contributed by atoms with E-state index in [0.29, 0.717) is 15.9 Å². The summed E-state index contributed by atoms with van der Waals surface area (Å²) >= 11 is 0. The van der Waals surface area contributed by atoms with Gasteiger partial charge >= 0.3 is 18.3 Å². The predicted molar refractivity (Wildman–Crippen MR) is 121 cm³/mol. The summed E-state index contributed by atoms with van der Waals surface area (Å²) in [7, 11) is 0. The second-order valence-corrected chi connectivity index (χ2v) is 10.5. The topological polar surface area (TPSA) is 100.0 Å². The van der Waals surface area contributed by atoms with Gasteiger partial charge in [-0.2, -0.15) is 0 Å². The molecule has 2 aromatic rings. The van der Waals surface area contributed by atoms with Crippen LogP contribution in [0, 0.1) is 6.92 Å². The fraction of sp³-hybridized carbons (Fsp3) is 0.565. The second-order valence-electron chi connectivity index (χ2n) is 10.5. The molecule has 0 aliphatic rings. The summed E-state index contributed by atoms with van der Waals surface area (Å²) in [5, 5.41) is 0. The molecule has 32 heavy (non-hydrogen) atoms. The molecule has 0 fully saturated rings. The number of amides is 2. The maximum absolute atomic E-state index is 13.2. The fourth-order valence-electron chi connectivity index (χ4n) is 2.66. The summed E-state index contributed by atoms with van der Waals surface area (Å²) in [4.78, 5) is 44.3. The van der Waals surface area contributed by atoms with Gasteiger partial charge in [-0.25, -0.2) is 23.9 Å². The lowest BCUT2D eigenvalue weighted by molar-refractivity contribution is 0.0424. The van der Waals surface area contributed by atoms with Gasteiger partial charge in [0.15, 0.2) is 0 Å². The lowest BCUT2D eigenvalue weighted by Gasteiger charge is -2.28. The maximum atomic E-state index is 13.2. The number of aryl methyl sites for hydroxylation is 1. The number of ether oxygens (including phenoxy) is 3. The van der Waals surface area contributed by atoms with Crippen LogP contribution in [0.1, 0.15) is 67.9 Å². The van der Waals surface area contributed by atoms with E-state index in [0.717, 1.165) is 10.1 Å². The summed E-state index contributed by atoms with van der Waals surface area (Å²) < 4.78 is 17.5. The zero-order valence-corrected chi connectivity index (χ0v) is 20.5. The van der Waals surface area contributed by atoms with Crippen molar-refractivity contribution < 1.29 is 28.6 Å². The average molecular weight is 448 g/mol. The Labute approximate surface area is 188 Å². The number of anilines is 1. The van der Waals surface area contributed by atoms with Crippen molar-refractivity contribution in [1.29, 1.82) is 0 Å². The molecule has 0 N–H and O–H groups in total. The van der Waals surface area contributed by atoms with Crippen LogP contribution >= 0.6 is 0 Å². The Hall–Kier alpha value is -3.10. The van der Waals surface area contributed by atoms with Crippen molar-refractivity contribution in [3.63, 3.8) is 0 Å². The Balaban J connectivity index is 2.75. The van der Waals surface area contributed by atoms with E-state index in [2.05, 4.69) is 4.98 Å². The minimum absolute atomic E-state index is 0.275. The monoisotopic (exact) mass is 447 g/mol. The fourth-order valence-corrected chi connectivity index (χ4v) is 2.66. The molecule has 0 saturated heterocycles. The van der Waals surface area contributed by atoms with Crippen LogP contribution in [0.15, 0.2) is 18.2 Å². The molecule has 0 saturated carbocycles. The van der Waals surface area contributed by atoms with Gasteiger partial charge < -0.3 is 14.2 Å². The number of carbonyl (C=O) groups is 3. The van der Waals surface area contributed by atoms with Crippen LogP contribution in [0.25, 0.3) is 11.0 Å². The quantitative estimate of drug-likeness (QED) is 0.509. The van der Waals surface area contributed by atoms with Crippen molar-refractivity contribution in [2.24, 2.45) is 0 Å². The lowest BCUT2D eigenvalue weighted by Crippen LogP contribution is -2.45. The molecular weight excluding hydrogens is 414 g/mol. The van der Waals surface area contributed by atoms with Gasteiger partial charge in [-0.1, -0.05) is 6.07 Å². The molecule has 176 valence electrons. The van der Waals surface area contributed by atoms with Gasteiger partial charge in [0.1, 0.15) is 16.8 Å². The zero-order chi connectivity index (χ0) is 24.6. The standard InChI is InChI=1S/C23H33N3O6/c1-14-11-12-15-16(13-14)25(18(27)30-21(2,3)4)17(24-15)26(19(28)31-22(5,6)7)20(29)32-23(8,9)10/h11-13H,1-10H3. The summed E-state index contributed by atoms with van der Waals surface area (Å²) in [6.45, 7) is 17.0. The van der Waals surface area contributed by atoms with Crippen molar-refractivity contribution in [3.8, 4) is 0 Å². The third-order valence-electron chi connectivity index (χ3n) is 3.72. The molecule has 0 aliphatic carbocycles. The first-order valence-electron chi connectivity index (χ1n) is 10.4. The number of imide groups is 1. The first-order valence-corrected chi connectivity index (χ1v) is 10.4. The van der Waals surface area contributed by atoms with Gasteiger partial charge in [0.25, 0.3) is 0 Å². The number of aromatic nitrogens is 2. The molecule has 9 heteroatoms. The SMILES string of the molecule is Cc1ccc2nc(N(C(=O)OC(C)(C)C)C(=O)OC(C)(C)C)n(C(=O)OC(C)(C)C)c2c1. The number of imidazole rings is 1. The Kier molecular flexibility index (Phi) is 6.64. The number of hydrogen-bond donors (Lipinski definition) is 0. The molecule has 2 rings (SSSR count). The van der Waals surface area contributed by atoms with E-state index in [9.17, 15) is 14.4 Å². The molecule has 0 spiro atoms. The minimum atomic E-state index is -1.02. The largest absolute Gasteiger partial charge is 0.443 e. The summed E-state index contributed by atoms with van der Waals surface area (Å²) in [5.74, 6) is -0.275. The number of hydrogen-bond acceptors (Lipinski definition) is 7. The van der Waals surface area contributed by atoms with E-state index in [1.165, 1.54) is 0 Å². The van der Waals surface area contributed by atoms with E-state index in [1.807, 2.05) is 13.0 Å². The van der Waals surface area contributed by atoms with E-state index in [4.69, 9.17) is 14.2 Å². The van der Waals surface area contributed by atoms with Crippen molar-refractivity contribution in [3.05, 3.63) is 23.8 Å². The van der Waals surface area contributed by atoms with Crippen molar-refractivity contribution in [2.75, 3.05) is 4.90 Å².